The van der Waals surface area contributed by atoms with Crippen molar-refractivity contribution in [3.63, 3.8) is 0 Å². The monoisotopic (exact) mass is 145 g/mol. The number of β-amino-alcohol motifs (C(OH)–C–C–N with tert-alkyl or cyclic N) is 2. The molecule has 2 N–H and O–H groups in total. The van der Waals surface area contributed by atoms with Gasteiger partial charge < -0.3 is 15.1 Å². The SMILES string of the molecule is CN1C[C@H](O)CC[C@@H](O)C1. The van der Waals surface area contributed by atoms with Gasteiger partial charge in [0.05, 0.1) is 12.2 Å². The van der Waals surface area contributed by atoms with Gasteiger partial charge in [-0.15, -0.1) is 0 Å². The molecule has 60 valence electrons. The molecule has 3 nitrogen and oxygen atoms in total. The summed E-state index contributed by atoms with van der Waals surface area (Å²) in [5.41, 5.74) is 0. The van der Waals surface area contributed by atoms with Crippen LogP contribution in [0.1, 0.15) is 12.8 Å². The Morgan fingerprint density at radius 1 is 1.10 bits per heavy atom. The van der Waals surface area contributed by atoms with E-state index in [0.29, 0.717) is 13.1 Å². The predicted octanol–water partition coefficient (Wildman–Crippen LogP) is -0.566. The van der Waals surface area contributed by atoms with E-state index < -0.39 is 0 Å². The highest BCUT2D eigenvalue weighted by Crippen LogP contribution is 2.08. The zero-order valence-corrected chi connectivity index (χ0v) is 6.32. The molecule has 0 amide bonds. The molecule has 1 aliphatic rings. The van der Waals surface area contributed by atoms with Crippen LogP contribution >= 0.6 is 0 Å². The molecule has 0 bridgehead atoms. The van der Waals surface area contributed by atoms with Crippen LogP contribution in [0.2, 0.25) is 0 Å². The summed E-state index contributed by atoms with van der Waals surface area (Å²) in [7, 11) is 1.91. The minimum absolute atomic E-state index is 0.248. The third-order valence-electron chi connectivity index (χ3n) is 1.88. The molecule has 1 fully saturated rings. The first-order valence-corrected chi connectivity index (χ1v) is 3.73. The number of hydrogen-bond acceptors (Lipinski definition) is 3. The number of aliphatic hydroxyl groups is 2. The highest BCUT2D eigenvalue weighted by atomic mass is 16.3. The average molecular weight is 145 g/mol. The molecule has 10 heavy (non-hydrogen) atoms. The lowest BCUT2D eigenvalue weighted by Gasteiger charge is -2.16. The van der Waals surface area contributed by atoms with Gasteiger partial charge >= 0.3 is 0 Å². The normalized spacial score (nSPS) is 37.5. The summed E-state index contributed by atoms with van der Waals surface area (Å²) in [6.45, 7) is 1.38. The number of nitrogens with zero attached hydrogens (tertiary/aromatic N) is 1. The second-order valence-corrected chi connectivity index (χ2v) is 3.11. The molecule has 1 rings (SSSR count). The first-order valence-electron chi connectivity index (χ1n) is 3.73. The van der Waals surface area contributed by atoms with E-state index in [4.69, 9.17) is 0 Å². The van der Waals surface area contributed by atoms with E-state index in [9.17, 15) is 10.2 Å². The van der Waals surface area contributed by atoms with Gasteiger partial charge in [0.15, 0.2) is 0 Å². The maximum absolute atomic E-state index is 9.22. The van der Waals surface area contributed by atoms with Gasteiger partial charge in [-0.1, -0.05) is 0 Å². The zero-order valence-electron chi connectivity index (χ0n) is 6.32. The lowest BCUT2D eigenvalue weighted by molar-refractivity contribution is 0.125. The first-order chi connectivity index (χ1) is 4.68. The Bertz CT molecular complexity index is 95.8. The average Bonchev–Trinajstić information content (AvgIpc) is 1.93. The van der Waals surface area contributed by atoms with Crippen LogP contribution < -0.4 is 0 Å². The van der Waals surface area contributed by atoms with Crippen molar-refractivity contribution in [2.45, 2.75) is 25.0 Å². The molecule has 1 aliphatic heterocycles. The Hall–Kier alpha value is -0.120. The zero-order chi connectivity index (χ0) is 7.56. The van der Waals surface area contributed by atoms with Crippen molar-refractivity contribution in [3.8, 4) is 0 Å². The Labute approximate surface area is 61.3 Å². The molecule has 0 spiro atoms. The van der Waals surface area contributed by atoms with Gasteiger partial charge in [-0.3, -0.25) is 0 Å². The standard InChI is InChI=1S/C7H15NO2/c1-8-4-6(9)2-3-7(10)5-8/h6-7,9-10H,2-5H2,1H3/t6-,7-/m1/s1. The van der Waals surface area contributed by atoms with Gasteiger partial charge in [0.25, 0.3) is 0 Å². The van der Waals surface area contributed by atoms with Crippen molar-refractivity contribution < 1.29 is 10.2 Å². The predicted molar refractivity (Wildman–Crippen MR) is 38.7 cm³/mol. The van der Waals surface area contributed by atoms with Crippen LogP contribution in [0.5, 0.6) is 0 Å². The number of hydrogen-bond donors (Lipinski definition) is 2. The molecule has 0 aromatic rings. The fourth-order valence-electron chi connectivity index (χ4n) is 1.36. The van der Waals surface area contributed by atoms with Crippen molar-refractivity contribution in [3.05, 3.63) is 0 Å². The van der Waals surface area contributed by atoms with Gasteiger partial charge in [-0.25, -0.2) is 0 Å². The molecule has 2 atom stereocenters. The Balaban J connectivity index is 2.38. The van der Waals surface area contributed by atoms with Crippen molar-refractivity contribution in [2.24, 2.45) is 0 Å². The molecule has 3 heteroatoms. The number of aliphatic hydroxyl groups excluding tert-OH is 2. The largest absolute Gasteiger partial charge is 0.392 e. The highest BCUT2D eigenvalue weighted by molar-refractivity contribution is 4.72. The van der Waals surface area contributed by atoms with Gasteiger partial charge in [-0.2, -0.15) is 0 Å². The van der Waals surface area contributed by atoms with E-state index in [2.05, 4.69) is 0 Å². The summed E-state index contributed by atoms with van der Waals surface area (Å²) in [5, 5.41) is 18.4. The molecule has 1 heterocycles. The molecule has 0 radical (unpaired) electrons. The lowest BCUT2D eigenvalue weighted by Crippen LogP contribution is -2.30. The van der Waals surface area contributed by atoms with Crippen LogP contribution in [-0.2, 0) is 0 Å². The molecular weight excluding hydrogens is 130 g/mol. The third-order valence-corrected chi connectivity index (χ3v) is 1.88. The molecule has 0 aromatic heterocycles. The highest BCUT2D eigenvalue weighted by Gasteiger charge is 2.17. The smallest absolute Gasteiger partial charge is 0.0668 e. The lowest BCUT2D eigenvalue weighted by atomic mass is 10.1. The second-order valence-electron chi connectivity index (χ2n) is 3.11. The molecule has 1 saturated heterocycles. The van der Waals surface area contributed by atoms with Crippen molar-refractivity contribution >= 4 is 0 Å². The number of likely N-dealkylation sites (N-methyl/N-ethyl adjacent to an activating group) is 1. The summed E-state index contributed by atoms with van der Waals surface area (Å²) in [5.74, 6) is 0. The van der Waals surface area contributed by atoms with E-state index in [0.717, 1.165) is 12.8 Å². The molecule has 0 aromatic carbocycles. The maximum Gasteiger partial charge on any atom is 0.0668 e. The Morgan fingerprint density at radius 2 is 1.50 bits per heavy atom. The fraction of sp³-hybridized carbons (Fsp3) is 1.00. The minimum atomic E-state index is -0.248. The van der Waals surface area contributed by atoms with E-state index >= 15 is 0 Å². The summed E-state index contributed by atoms with van der Waals surface area (Å²) >= 11 is 0. The Kier molecular flexibility index (Phi) is 2.65. The molecular formula is C7H15NO2. The third kappa shape index (κ3) is 2.25. The number of rotatable bonds is 0. The Morgan fingerprint density at radius 3 is 1.90 bits per heavy atom. The maximum atomic E-state index is 9.22. The van der Waals surface area contributed by atoms with Gasteiger partial charge in [-0.05, 0) is 19.9 Å². The molecule has 0 unspecified atom stereocenters. The van der Waals surface area contributed by atoms with Crippen LogP contribution in [0.25, 0.3) is 0 Å². The van der Waals surface area contributed by atoms with Gasteiger partial charge in [0, 0.05) is 13.1 Å². The quantitative estimate of drug-likeness (QED) is 0.480. The van der Waals surface area contributed by atoms with Crippen LogP contribution in [-0.4, -0.2) is 47.5 Å². The van der Waals surface area contributed by atoms with Gasteiger partial charge in [0.1, 0.15) is 0 Å². The van der Waals surface area contributed by atoms with Gasteiger partial charge in [0.2, 0.25) is 0 Å². The first kappa shape index (κ1) is 7.98. The summed E-state index contributed by atoms with van der Waals surface area (Å²) < 4.78 is 0. The second kappa shape index (κ2) is 3.32. The summed E-state index contributed by atoms with van der Waals surface area (Å²) in [6.07, 6.45) is 0.959. The molecule has 0 aliphatic carbocycles. The van der Waals surface area contributed by atoms with E-state index in [1.54, 1.807) is 0 Å². The molecule has 0 saturated carbocycles. The van der Waals surface area contributed by atoms with Crippen LogP contribution in [0.3, 0.4) is 0 Å². The minimum Gasteiger partial charge on any atom is -0.392 e. The van der Waals surface area contributed by atoms with E-state index in [1.165, 1.54) is 0 Å². The number of likely N-dealkylation sites (tertiary alicyclic amines) is 1. The topological polar surface area (TPSA) is 43.7 Å². The fourth-order valence-corrected chi connectivity index (χ4v) is 1.36. The van der Waals surface area contributed by atoms with Crippen LogP contribution in [0.15, 0.2) is 0 Å². The summed E-state index contributed by atoms with van der Waals surface area (Å²) in [6, 6.07) is 0. The van der Waals surface area contributed by atoms with Crippen LogP contribution in [0.4, 0.5) is 0 Å². The van der Waals surface area contributed by atoms with E-state index in [-0.39, 0.29) is 12.2 Å². The van der Waals surface area contributed by atoms with Crippen molar-refractivity contribution in [1.29, 1.82) is 0 Å². The summed E-state index contributed by atoms with van der Waals surface area (Å²) in [4.78, 5) is 1.96. The van der Waals surface area contributed by atoms with E-state index in [1.807, 2.05) is 11.9 Å². The van der Waals surface area contributed by atoms with Crippen molar-refractivity contribution in [2.75, 3.05) is 20.1 Å². The van der Waals surface area contributed by atoms with Crippen LogP contribution in [0, 0.1) is 0 Å². The van der Waals surface area contributed by atoms with Crippen molar-refractivity contribution in [1.82, 2.24) is 4.90 Å².